The number of amides is 2. The van der Waals surface area contributed by atoms with E-state index in [1.807, 2.05) is 0 Å². The summed E-state index contributed by atoms with van der Waals surface area (Å²) in [6.45, 7) is 0.220. The second-order valence-corrected chi connectivity index (χ2v) is 5.41. The fourth-order valence-electron chi connectivity index (χ4n) is 2.20. The van der Waals surface area contributed by atoms with Crippen LogP contribution in [0.25, 0.3) is 11.5 Å². The number of aromatic nitrogens is 1. The molecule has 0 unspecified atom stereocenters. The van der Waals surface area contributed by atoms with E-state index in [-0.39, 0.29) is 12.2 Å². The Bertz CT molecular complexity index is 858. The second-order valence-electron chi connectivity index (χ2n) is 5.41. The molecule has 0 atom stereocenters. The van der Waals surface area contributed by atoms with E-state index in [9.17, 15) is 18.0 Å². The SMILES string of the molecule is O=C(NCc1ccc(-c2ccco2)nc1)Nc1ccc(C(F)(F)F)cc1. The summed E-state index contributed by atoms with van der Waals surface area (Å²) in [5.74, 6) is 0.643. The second kappa shape index (κ2) is 7.30. The molecule has 0 fully saturated rings. The zero-order valence-corrected chi connectivity index (χ0v) is 13.4. The number of nitrogens with zero attached hydrogens (tertiary/aromatic N) is 1. The lowest BCUT2D eigenvalue weighted by Crippen LogP contribution is -2.28. The van der Waals surface area contributed by atoms with Crippen molar-refractivity contribution in [3.63, 3.8) is 0 Å². The molecule has 3 aromatic rings. The number of hydrogen-bond donors (Lipinski definition) is 2. The van der Waals surface area contributed by atoms with Crippen molar-refractivity contribution < 1.29 is 22.4 Å². The van der Waals surface area contributed by atoms with E-state index in [0.717, 1.165) is 17.7 Å². The third-order valence-electron chi connectivity index (χ3n) is 3.52. The molecule has 2 aromatic heterocycles. The number of carbonyl (C=O) groups is 1. The third kappa shape index (κ3) is 4.41. The van der Waals surface area contributed by atoms with Gasteiger partial charge >= 0.3 is 12.2 Å². The fourth-order valence-corrected chi connectivity index (χ4v) is 2.20. The lowest BCUT2D eigenvalue weighted by molar-refractivity contribution is -0.137. The number of nitrogens with one attached hydrogen (secondary N) is 2. The first-order valence-electron chi connectivity index (χ1n) is 7.63. The highest BCUT2D eigenvalue weighted by Crippen LogP contribution is 2.29. The first-order chi connectivity index (χ1) is 12.4. The molecule has 134 valence electrons. The molecule has 0 spiro atoms. The minimum Gasteiger partial charge on any atom is -0.463 e. The van der Waals surface area contributed by atoms with Gasteiger partial charge in [-0.15, -0.1) is 0 Å². The minimum absolute atomic E-state index is 0.220. The van der Waals surface area contributed by atoms with Crippen LogP contribution in [0.3, 0.4) is 0 Å². The number of halogens is 3. The molecule has 0 bridgehead atoms. The van der Waals surface area contributed by atoms with Crippen LogP contribution in [0, 0.1) is 0 Å². The van der Waals surface area contributed by atoms with E-state index < -0.39 is 17.8 Å². The Morgan fingerprint density at radius 3 is 2.42 bits per heavy atom. The van der Waals surface area contributed by atoms with E-state index in [0.29, 0.717) is 11.5 Å². The molecule has 3 rings (SSSR count). The van der Waals surface area contributed by atoms with E-state index in [1.165, 1.54) is 12.1 Å². The van der Waals surface area contributed by atoms with Gasteiger partial charge in [-0.1, -0.05) is 6.07 Å². The predicted octanol–water partition coefficient (Wildman–Crippen LogP) is 4.68. The lowest BCUT2D eigenvalue weighted by atomic mass is 10.2. The molecule has 0 saturated carbocycles. The van der Waals surface area contributed by atoms with Gasteiger partial charge < -0.3 is 15.1 Å². The maximum Gasteiger partial charge on any atom is 0.416 e. The smallest absolute Gasteiger partial charge is 0.416 e. The van der Waals surface area contributed by atoms with Crippen LogP contribution in [0.5, 0.6) is 0 Å². The van der Waals surface area contributed by atoms with Gasteiger partial charge in [0.15, 0.2) is 5.76 Å². The Morgan fingerprint density at radius 2 is 1.85 bits per heavy atom. The standard InChI is InChI=1S/C18H14F3N3O2/c19-18(20,21)13-4-6-14(7-5-13)24-17(25)23-11-12-3-8-15(22-10-12)16-2-1-9-26-16/h1-10H,11H2,(H2,23,24,25). The zero-order valence-electron chi connectivity index (χ0n) is 13.4. The number of carbonyl (C=O) groups excluding carboxylic acids is 1. The van der Waals surface area contributed by atoms with Crippen LogP contribution in [0.2, 0.25) is 0 Å². The molecule has 1 aromatic carbocycles. The Hall–Kier alpha value is -3.29. The van der Waals surface area contributed by atoms with Crippen LogP contribution in [-0.2, 0) is 12.7 Å². The average molecular weight is 361 g/mol. The minimum atomic E-state index is -4.41. The maximum atomic E-state index is 12.5. The maximum absolute atomic E-state index is 12.5. The Balaban J connectivity index is 1.52. The average Bonchev–Trinajstić information content (AvgIpc) is 3.15. The summed E-state index contributed by atoms with van der Waals surface area (Å²) < 4.78 is 42.7. The summed E-state index contributed by atoms with van der Waals surface area (Å²) in [6, 6.07) is 10.8. The van der Waals surface area contributed by atoms with Crippen LogP contribution in [0.4, 0.5) is 23.7 Å². The number of rotatable bonds is 4. The summed E-state index contributed by atoms with van der Waals surface area (Å²) in [4.78, 5) is 16.1. The fraction of sp³-hybridized carbons (Fsp3) is 0.111. The van der Waals surface area contributed by atoms with Gasteiger partial charge in [-0.25, -0.2) is 4.79 Å². The predicted molar refractivity (Wildman–Crippen MR) is 89.2 cm³/mol. The van der Waals surface area contributed by atoms with Crippen LogP contribution in [0.15, 0.2) is 65.4 Å². The largest absolute Gasteiger partial charge is 0.463 e. The molecule has 8 heteroatoms. The topological polar surface area (TPSA) is 67.2 Å². The number of benzene rings is 1. The molecule has 5 nitrogen and oxygen atoms in total. The van der Waals surface area contributed by atoms with Gasteiger partial charge in [0.05, 0.1) is 11.8 Å². The molecule has 0 aliphatic carbocycles. The van der Waals surface area contributed by atoms with E-state index >= 15 is 0 Å². The lowest BCUT2D eigenvalue weighted by Gasteiger charge is -2.10. The summed E-state index contributed by atoms with van der Waals surface area (Å²) in [6.07, 6.45) is -1.25. The molecule has 26 heavy (non-hydrogen) atoms. The van der Waals surface area contributed by atoms with Gasteiger partial charge in [0, 0.05) is 18.4 Å². The van der Waals surface area contributed by atoms with Gasteiger partial charge in [-0.05, 0) is 48.0 Å². The molecule has 0 saturated heterocycles. The molecule has 2 amide bonds. The van der Waals surface area contributed by atoms with Crippen molar-refractivity contribution in [2.45, 2.75) is 12.7 Å². The highest BCUT2D eigenvalue weighted by atomic mass is 19.4. The highest BCUT2D eigenvalue weighted by Gasteiger charge is 2.29. The number of anilines is 1. The van der Waals surface area contributed by atoms with Crippen LogP contribution in [0.1, 0.15) is 11.1 Å². The van der Waals surface area contributed by atoms with Crippen molar-refractivity contribution in [1.82, 2.24) is 10.3 Å². The molecule has 0 aliphatic heterocycles. The van der Waals surface area contributed by atoms with Crippen molar-refractivity contribution in [3.05, 3.63) is 72.1 Å². The quantitative estimate of drug-likeness (QED) is 0.709. The van der Waals surface area contributed by atoms with Crippen molar-refractivity contribution >= 4 is 11.7 Å². The number of urea groups is 1. The van der Waals surface area contributed by atoms with Gasteiger partial charge in [0.1, 0.15) is 5.69 Å². The van der Waals surface area contributed by atoms with Gasteiger partial charge in [-0.3, -0.25) is 4.98 Å². The van der Waals surface area contributed by atoms with Crippen molar-refractivity contribution in [3.8, 4) is 11.5 Å². The van der Waals surface area contributed by atoms with Crippen LogP contribution >= 0.6 is 0 Å². The molecule has 2 N–H and O–H groups in total. The van der Waals surface area contributed by atoms with Gasteiger partial charge in [0.25, 0.3) is 0 Å². The Kier molecular flexibility index (Phi) is 4.92. The molecule has 0 aliphatic rings. The number of pyridine rings is 1. The zero-order chi connectivity index (χ0) is 18.6. The van der Waals surface area contributed by atoms with Crippen molar-refractivity contribution in [2.24, 2.45) is 0 Å². The monoisotopic (exact) mass is 361 g/mol. The van der Waals surface area contributed by atoms with Crippen molar-refractivity contribution in [2.75, 3.05) is 5.32 Å². The number of hydrogen-bond acceptors (Lipinski definition) is 3. The first kappa shape index (κ1) is 17.5. The number of alkyl halides is 3. The summed E-state index contributed by atoms with van der Waals surface area (Å²) in [5, 5.41) is 5.08. The van der Waals surface area contributed by atoms with E-state index in [2.05, 4.69) is 15.6 Å². The normalized spacial score (nSPS) is 11.2. The molecule has 0 radical (unpaired) electrons. The van der Waals surface area contributed by atoms with Gasteiger partial charge in [-0.2, -0.15) is 13.2 Å². The Morgan fingerprint density at radius 1 is 1.08 bits per heavy atom. The summed E-state index contributed by atoms with van der Waals surface area (Å²) in [7, 11) is 0. The summed E-state index contributed by atoms with van der Waals surface area (Å²) in [5.41, 5.74) is 0.934. The third-order valence-corrected chi connectivity index (χ3v) is 3.52. The molecule has 2 heterocycles. The number of furan rings is 1. The highest BCUT2D eigenvalue weighted by molar-refractivity contribution is 5.89. The van der Waals surface area contributed by atoms with E-state index in [4.69, 9.17) is 4.42 Å². The van der Waals surface area contributed by atoms with Crippen molar-refractivity contribution in [1.29, 1.82) is 0 Å². The molecular weight excluding hydrogens is 347 g/mol. The van der Waals surface area contributed by atoms with Crippen LogP contribution < -0.4 is 10.6 Å². The van der Waals surface area contributed by atoms with Crippen LogP contribution in [-0.4, -0.2) is 11.0 Å². The van der Waals surface area contributed by atoms with Gasteiger partial charge in [0.2, 0.25) is 0 Å². The first-order valence-corrected chi connectivity index (χ1v) is 7.63. The molecular formula is C18H14F3N3O2. The van der Waals surface area contributed by atoms with E-state index in [1.54, 1.807) is 36.7 Å². The summed E-state index contributed by atoms with van der Waals surface area (Å²) >= 11 is 0. The Labute approximate surface area is 146 Å².